The van der Waals surface area contributed by atoms with Crippen LogP contribution in [-0.2, 0) is 9.31 Å². The second-order valence-electron chi connectivity index (χ2n) is 12.9. The first kappa shape index (κ1) is 26.4. The highest BCUT2D eigenvalue weighted by atomic mass is 19.1. The fourth-order valence-electron chi connectivity index (χ4n) is 6.78. The van der Waals surface area contributed by atoms with Crippen LogP contribution in [0.25, 0.3) is 0 Å². The van der Waals surface area contributed by atoms with Crippen molar-refractivity contribution in [2.75, 3.05) is 36.0 Å². The minimum absolute atomic E-state index is 0.0874. The number of nitrogens with zero attached hydrogens (tertiary/aromatic N) is 5. The molecule has 1 aromatic heterocycles. The number of hydrogen-bond acceptors (Lipinski definition) is 9. The van der Waals surface area contributed by atoms with E-state index in [1.807, 2.05) is 32.6 Å². The summed E-state index contributed by atoms with van der Waals surface area (Å²) < 4.78 is 26.7. The van der Waals surface area contributed by atoms with E-state index in [0.717, 1.165) is 50.3 Å². The molecule has 0 unspecified atom stereocenters. The highest BCUT2D eigenvalue weighted by Gasteiger charge is 2.62. The van der Waals surface area contributed by atoms with Crippen molar-refractivity contribution in [2.45, 2.75) is 70.2 Å². The molecule has 1 spiro atoms. The Balaban J connectivity index is 1.00. The van der Waals surface area contributed by atoms with Gasteiger partial charge in [0.2, 0.25) is 5.95 Å². The number of aromatic nitrogens is 2. The van der Waals surface area contributed by atoms with Crippen molar-refractivity contribution in [3.8, 4) is 0 Å². The van der Waals surface area contributed by atoms with E-state index in [1.54, 1.807) is 12.4 Å². The molecule has 1 saturated carbocycles. The standard InChI is InChI=1S/C27H35BFN5O5/c1-24(2)25(3,4)39-28(38-24)19-12-30-23(31-13-19)33-16-26(17-33)14-27(35,15-26)18-7-9-32(10-8-18)22-6-5-20(34(36)37)11-21(22)29/h5-6,11-13,18,35H,7-10,14-17H2,1-4H3. The molecule has 4 heterocycles. The molecule has 3 aliphatic heterocycles. The summed E-state index contributed by atoms with van der Waals surface area (Å²) in [6.45, 7) is 10.9. The van der Waals surface area contributed by atoms with Gasteiger partial charge in [-0.05, 0) is 65.4 Å². The Bertz CT molecular complexity index is 1250. The molecule has 1 aromatic carbocycles. The zero-order valence-corrected chi connectivity index (χ0v) is 22.9. The van der Waals surface area contributed by atoms with Crippen LogP contribution >= 0.6 is 0 Å². The molecule has 12 heteroatoms. The number of benzene rings is 1. The SMILES string of the molecule is CC1(C)OB(c2cnc(N3CC4(C3)CC(O)(C3CCN(c5ccc([N+](=O)[O-])cc5F)CC3)C4)nc2)OC1(C)C. The summed E-state index contributed by atoms with van der Waals surface area (Å²) in [6, 6.07) is 3.79. The van der Waals surface area contributed by atoms with Crippen LogP contribution in [0.2, 0.25) is 0 Å². The quantitative estimate of drug-likeness (QED) is 0.348. The van der Waals surface area contributed by atoms with Gasteiger partial charge in [0.25, 0.3) is 5.69 Å². The third kappa shape index (κ3) is 4.46. The monoisotopic (exact) mass is 539 g/mol. The highest BCUT2D eigenvalue weighted by molar-refractivity contribution is 6.61. The summed E-state index contributed by atoms with van der Waals surface area (Å²) in [5.41, 5.74) is -0.517. The van der Waals surface area contributed by atoms with E-state index in [2.05, 4.69) is 14.9 Å². The van der Waals surface area contributed by atoms with Crippen LogP contribution in [-0.4, -0.2) is 70.1 Å². The smallest absolute Gasteiger partial charge is 0.399 e. The molecule has 2 aromatic rings. The third-order valence-electron chi connectivity index (χ3n) is 9.62. The summed E-state index contributed by atoms with van der Waals surface area (Å²) in [6.07, 6.45) is 6.56. The summed E-state index contributed by atoms with van der Waals surface area (Å²) in [4.78, 5) is 23.5. The van der Waals surface area contributed by atoms with Crippen molar-refractivity contribution in [1.29, 1.82) is 0 Å². The minimum atomic E-state index is -0.701. The van der Waals surface area contributed by atoms with Crippen LogP contribution in [0.3, 0.4) is 0 Å². The average molecular weight is 539 g/mol. The summed E-state index contributed by atoms with van der Waals surface area (Å²) >= 11 is 0. The molecule has 0 bridgehead atoms. The second kappa shape index (κ2) is 8.84. The Morgan fingerprint density at radius 2 is 1.64 bits per heavy atom. The number of non-ortho nitro benzene ring substituents is 1. The number of rotatable bonds is 5. The molecule has 6 rings (SSSR count). The van der Waals surface area contributed by atoms with Crippen LogP contribution in [0, 0.1) is 27.3 Å². The maximum atomic E-state index is 14.5. The Labute approximate surface area is 227 Å². The van der Waals surface area contributed by atoms with Crippen molar-refractivity contribution < 1.29 is 23.7 Å². The van der Waals surface area contributed by atoms with E-state index in [0.29, 0.717) is 24.7 Å². The lowest BCUT2D eigenvalue weighted by Gasteiger charge is -2.64. The van der Waals surface area contributed by atoms with Gasteiger partial charge in [0.1, 0.15) is 0 Å². The number of aliphatic hydroxyl groups is 1. The van der Waals surface area contributed by atoms with E-state index in [-0.39, 0.29) is 17.0 Å². The normalized spacial score (nSPS) is 24.9. The largest absolute Gasteiger partial charge is 0.498 e. The van der Waals surface area contributed by atoms with Gasteiger partial charge in [-0.2, -0.15) is 0 Å². The summed E-state index contributed by atoms with van der Waals surface area (Å²) in [5.74, 6) is 0.254. The summed E-state index contributed by atoms with van der Waals surface area (Å²) in [7, 11) is -0.489. The van der Waals surface area contributed by atoms with Gasteiger partial charge >= 0.3 is 7.12 Å². The fourth-order valence-corrected chi connectivity index (χ4v) is 6.78. The second-order valence-corrected chi connectivity index (χ2v) is 12.9. The van der Waals surface area contributed by atoms with E-state index in [1.165, 1.54) is 12.1 Å². The molecule has 1 aliphatic carbocycles. The lowest BCUT2D eigenvalue weighted by Crippen LogP contribution is -2.70. The first-order valence-electron chi connectivity index (χ1n) is 13.6. The summed E-state index contributed by atoms with van der Waals surface area (Å²) in [5, 5.41) is 22.3. The molecule has 3 saturated heterocycles. The van der Waals surface area contributed by atoms with Crippen LogP contribution in [0.15, 0.2) is 30.6 Å². The van der Waals surface area contributed by atoms with Gasteiger partial charge in [0.05, 0.1) is 33.5 Å². The van der Waals surface area contributed by atoms with Gasteiger partial charge in [-0.15, -0.1) is 0 Å². The maximum Gasteiger partial charge on any atom is 0.498 e. The number of nitro groups is 1. The lowest BCUT2D eigenvalue weighted by atomic mass is 9.51. The van der Waals surface area contributed by atoms with Crippen molar-refractivity contribution in [3.05, 3.63) is 46.5 Å². The number of piperidine rings is 1. The predicted octanol–water partition coefficient (Wildman–Crippen LogP) is 3.07. The van der Waals surface area contributed by atoms with Gasteiger partial charge in [-0.25, -0.2) is 14.4 Å². The zero-order chi connectivity index (χ0) is 27.8. The average Bonchev–Trinajstić information content (AvgIpc) is 3.07. The van der Waals surface area contributed by atoms with Crippen LogP contribution in [0.5, 0.6) is 0 Å². The number of halogens is 1. The molecule has 4 fully saturated rings. The van der Waals surface area contributed by atoms with Gasteiger partial charge in [-0.3, -0.25) is 10.1 Å². The zero-order valence-electron chi connectivity index (χ0n) is 22.9. The Kier molecular flexibility index (Phi) is 5.98. The molecule has 208 valence electrons. The van der Waals surface area contributed by atoms with E-state index < -0.39 is 34.7 Å². The Morgan fingerprint density at radius 1 is 1.05 bits per heavy atom. The van der Waals surface area contributed by atoms with Gasteiger partial charge < -0.3 is 24.2 Å². The molecule has 0 amide bonds. The van der Waals surface area contributed by atoms with Crippen molar-refractivity contribution >= 4 is 29.9 Å². The van der Waals surface area contributed by atoms with Gasteiger partial charge in [-0.1, -0.05) is 0 Å². The van der Waals surface area contributed by atoms with E-state index >= 15 is 0 Å². The van der Waals surface area contributed by atoms with Crippen LogP contribution in [0.1, 0.15) is 53.4 Å². The number of nitro benzene ring substituents is 1. The van der Waals surface area contributed by atoms with Gasteiger partial charge in [0, 0.05) is 55.5 Å². The van der Waals surface area contributed by atoms with E-state index in [4.69, 9.17) is 9.31 Å². The lowest BCUT2D eigenvalue weighted by molar-refractivity contribution is -0.385. The first-order chi connectivity index (χ1) is 18.3. The molecule has 4 aliphatic rings. The number of hydrogen-bond donors (Lipinski definition) is 1. The van der Waals surface area contributed by atoms with Crippen molar-refractivity contribution in [3.63, 3.8) is 0 Å². The number of anilines is 2. The van der Waals surface area contributed by atoms with Crippen LogP contribution < -0.4 is 15.3 Å². The first-order valence-corrected chi connectivity index (χ1v) is 13.6. The van der Waals surface area contributed by atoms with E-state index in [9.17, 15) is 19.6 Å². The topological polar surface area (TPSA) is 114 Å². The maximum absolute atomic E-state index is 14.5. The van der Waals surface area contributed by atoms with Gasteiger partial charge in [0.15, 0.2) is 5.82 Å². The molecular weight excluding hydrogens is 504 g/mol. The van der Waals surface area contributed by atoms with Crippen LogP contribution in [0.4, 0.5) is 21.7 Å². The Hall–Kier alpha value is -2.83. The molecule has 39 heavy (non-hydrogen) atoms. The molecule has 10 nitrogen and oxygen atoms in total. The molecular formula is C27H35BFN5O5. The minimum Gasteiger partial charge on any atom is -0.399 e. The van der Waals surface area contributed by atoms with Crippen molar-refractivity contribution in [2.24, 2.45) is 11.3 Å². The Morgan fingerprint density at radius 3 is 2.18 bits per heavy atom. The predicted molar refractivity (Wildman–Crippen MR) is 145 cm³/mol. The molecule has 0 radical (unpaired) electrons. The highest BCUT2D eigenvalue weighted by Crippen LogP contribution is 2.58. The fraction of sp³-hybridized carbons (Fsp3) is 0.630. The van der Waals surface area contributed by atoms with Crippen molar-refractivity contribution in [1.82, 2.24) is 9.97 Å². The molecule has 0 atom stereocenters. The third-order valence-corrected chi connectivity index (χ3v) is 9.62. The molecule has 1 N–H and O–H groups in total.